The molecule has 2 atom stereocenters. The number of primary amides is 1. The summed E-state index contributed by atoms with van der Waals surface area (Å²) in [5.41, 5.74) is 3.99. The smallest absolute Gasteiger partial charge is 0.329 e. The number of nitrogens with two attached hydrogens (primary N) is 1. The third kappa shape index (κ3) is 8.75. The van der Waals surface area contributed by atoms with E-state index in [1.807, 2.05) is 6.92 Å². The van der Waals surface area contributed by atoms with Crippen molar-refractivity contribution in [3.05, 3.63) is 0 Å². The van der Waals surface area contributed by atoms with Gasteiger partial charge in [0, 0.05) is 25.3 Å². The Morgan fingerprint density at radius 2 is 1.41 bits per heavy atom. The van der Waals surface area contributed by atoms with E-state index in [-0.39, 0.29) is 18.7 Å². The van der Waals surface area contributed by atoms with Crippen LogP contribution < -0.4 is 5.73 Å². The van der Waals surface area contributed by atoms with Crippen LogP contribution in [-0.4, -0.2) is 39.9 Å². The van der Waals surface area contributed by atoms with Crippen LogP contribution >= 0.6 is 0 Å². The fourth-order valence-corrected chi connectivity index (χ4v) is 4.44. The average molecular weight is 413 g/mol. The van der Waals surface area contributed by atoms with Gasteiger partial charge in [0.1, 0.15) is 5.54 Å². The number of unbranched alkanes of at least 4 members (excludes halogenated alkanes) is 8. The topological polar surface area (TPSA) is 101 Å². The number of carbonyl (C=O) groups excluding carboxylic acids is 2. The normalized spacial score (nSPS) is 14.2. The first kappa shape index (κ1) is 27.4. The van der Waals surface area contributed by atoms with Gasteiger partial charge in [0.15, 0.2) is 0 Å². The molecule has 0 bridgehead atoms. The van der Waals surface area contributed by atoms with Crippen molar-refractivity contribution < 1.29 is 19.5 Å². The number of carboxylic acid groups (broad SMARTS) is 1. The van der Waals surface area contributed by atoms with Crippen LogP contribution in [0.3, 0.4) is 0 Å². The maximum absolute atomic E-state index is 12.9. The van der Waals surface area contributed by atoms with Gasteiger partial charge in [0.2, 0.25) is 11.8 Å². The monoisotopic (exact) mass is 412 g/mol. The standard InChI is InChI=1S/C23H44N2O4/c1-5-9-10-11-12-13-14-15-16-17-21(27)25(8-4)23(7-3,22(28)29)19(6-2)18-20(24)26/h19H,5-18H2,1-4H3,(H2,24,26)(H,28,29)/t19?,23-/m0/s1. The summed E-state index contributed by atoms with van der Waals surface area (Å²) in [7, 11) is 0. The molecule has 1 unspecified atom stereocenters. The van der Waals surface area contributed by atoms with Gasteiger partial charge in [0.25, 0.3) is 0 Å². The van der Waals surface area contributed by atoms with Crippen molar-refractivity contribution in [1.29, 1.82) is 0 Å². The molecule has 0 aliphatic heterocycles. The number of hydrogen-bond acceptors (Lipinski definition) is 3. The molecule has 0 aromatic rings. The molecule has 0 saturated heterocycles. The van der Waals surface area contributed by atoms with E-state index in [0.29, 0.717) is 19.4 Å². The van der Waals surface area contributed by atoms with E-state index < -0.39 is 23.3 Å². The lowest BCUT2D eigenvalue weighted by molar-refractivity contribution is -0.165. The van der Waals surface area contributed by atoms with E-state index in [9.17, 15) is 19.5 Å². The zero-order valence-electron chi connectivity index (χ0n) is 19.2. The van der Waals surface area contributed by atoms with E-state index >= 15 is 0 Å². The highest BCUT2D eigenvalue weighted by atomic mass is 16.4. The van der Waals surface area contributed by atoms with Crippen LogP contribution in [0.4, 0.5) is 0 Å². The Morgan fingerprint density at radius 3 is 1.79 bits per heavy atom. The summed E-state index contributed by atoms with van der Waals surface area (Å²) in [4.78, 5) is 38.3. The molecule has 3 N–H and O–H groups in total. The Labute approximate surface area is 177 Å². The average Bonchev–Trinajstić information content (AvgIpc) is 2.68. The third-order valence-corrected chi connectivity index (χ3v) is 6.12. The molecule has 0 aliphatic carbocycles. The van der Waals surface area contributed by atoms with Gasteiger partial charge in [0.05, 0.1) is 0 Å². The van der Waals surface area contributed by atoms with Crippen LogP contribution in [0.2, 0.25) is 0 Å². The van der Waals surface area contributed by atoms with Gasteiger partial charge in [-0.05, 0) is 26.2 Å². The maximum atomic E-state index is 12.9. The highest BCUT2D eigenvalue weighted by Gasteiger charge is 2.50. The largest absolute Gasteiger partial charge is 0.479 e. The summed E-state index contributed by atoms with van der Waals surface area (Å²) in [6.45, 7) is 7.95. The van der Waals surface area contributed by atoms with Gasteiger partial charge in [-0.1, -0.05) is 72.1 Å². The zero-order valence-corrected chi connectivity index (χ0v) is 19.2. The summed E-state index contributed by atoms with van der Waals surface area (Å²) >= 11 is 0. The summed E-state index contributed by atoms with van der Waals surface area (Å²) in [6, 6.07) is 0. The van der Waals surface area contributed by atoms with Crippen molar-refractivity contribution in [3.8, 4) is 0 Å². The van der Waals surface area contributed by atoms with Crippen LogP contribution in [0, 0.1) is 5.92 Å². The van der Waals surface area contributed by atoms with Gasteiger partial charge in [-0.15, -0.1) is 0 Å². The lowest BCUT2D eigenvalue weighted by atomic mass is 9.76. The lowest BCUT2D eigenvalue weighted by Crippen LogP contribution is -2.61. The molecule has 0 saturated carbocycles. The molecule has 0 aromatic carbocycles. The number of carbonyl (C=O) groups is 3. The van der Waals surface area contributed by atoms with Crippen molar-refractivity contribution in [1.82, 2.24) is 4.90 Å². The molecule has 0 aromatic heterocycles. The maximum Gasteiger partial charge on any atom is 0.329 e. The van der Waals surface area contributed by atoms with Crippen molar-refractivity contribution in [2.45, 2.75) is 117 Å². The number of rotatable bonds is 18. The molecule has 0 heterocycles. The number of aliphatic carboxylic acids is 1. The van der Waals surface area contributed by atoms with Crippen molar-refractivity contribution >= 4 is 17.8 Å². The Bertz CT molecular complexity index is 495. The fraction of sp³-hybridized carbons (Fsp3) is 0.870. The molecule has 6 heteroatoms. The summed E-state index contributed by atoms with van der Waals surface area (Å²) in [6.07, 6.45) is 11.5. The van der Waals surface area contributed by atoms with Crippen LogP contribution in [0.5, 0.6) is 0 Å². The number of likely N-dealkylation sites (N-methyl/N-ethyl adjacent to an activating group) is 1. The summed E-state index contributed by atoms with van der Waals surface area (Å²) in [5, 5.41) is 10.1. The molecule has 6 nitrogen and oxygen atoms in total. The number of amides is 2. The van der Waals surface area contributed by atoms with Gasteiger partial charge < -0.3 is 15.7 Å². The van der Waals surface area contributed by atoms with Gasteiger partial charge in [-0.25, -0.2) is 4.79 Å². The highest BCUT2D eigenvalue weighted by molar-refractivity contribution is 5.88. The molecular formula is C23H44N2O4. The second kappa shape index (κ2) is 15.3. The SMILES string of the molecule is CCCCCCCCCCCC(=O)N(CC)[C@](CC)(C(=O)O)C(CC)CC(N)=O. The quantitative estimate of drug-likeness (QED) is 0.313. The minimum absolute atomic E-state index is 0.0293. The first-order valence-electron chi connectivity index (χ1n) is 11.6. The van der Waals surface area contributed by atoms with E-state index in [0.717, 1.165) is 19.3 Å². The van der Waals surface area contributed by atoms with Gasteiger partial charge in [-0.2, -0.15) is 0 Å². The van der Waals surface area contributed by atoms with E-state index in [1.165, 1.54) is 43.4 Å². The van der Waals surface area contributed by atoms with E-state index in [2.05, 4.69) is 6.92 Å². The van der Waals surface area contributed by atoms with E-state index in [1.54, 1.807) is 13.8 Å². The first-order chi connectivity index (χ1) is 13.8. The van der Waals surface area contributed by atoms with Crippen molar-refractivity contribution in [2.24, 2.45) is 11.7 Å². The molecule has 0 fully saturated rings. The molecule has 0 rings (SSSR count). The van der Waals surface area contributed by atoms with Crippen molar-refractivity contribution in [3.63, 3.8) is 0 Å². The fourth-order valence-electron chi connectivity index (χ4n) is 4.44. The van der Waals surface area contributed by atoms with E-state index in [4.69, 9.17) is 5.73 Å². The van der Waals surface area contributed by atoms with Gasteiger partial charge in [-0.3, -0.25) is 9.59 Å². The second-order valence-electron chi connectivity index (χ2n) is 8.07. The zero-order chi connectivity index (χ0) is 22.3. The van der Waals surface area contributed by atoms with Crippen LogP contribution in [0.25, 0.3) is 0 Å². The molecule has 29 heavy (non-hydrogen) atoms. The third-order valence-electron chi connectivity index (χ3n) is 6.12. The first-order valence-corrected chi connectivity index (χ1v) is 11.6. The van der Waals surface area contributed by atoms with Gasteiger partial charge >= 0.3 is 5.97 Å². The molecule has 0 spiro atoms. The van der Waals surface area contributed by atoms with Crippen LogP contribution in [0.15, 0.2) is 0 Å². The summed E-state index contributed by atoms with van der Waals surface area (Å²) < 4.78 is 0. The molecule has 170 valence electrons. The molecule has 0 radical (unpaired) electrons. The lowest BCUT2D eigenvalue weighted by Gasteiger charge is -2.44. The number of nitrogens with zero attached hydrogens (tertiary/aromatic N) is 1. The highest BCUT2D eigenvalue weighted by Crippen LogP contribution is 2.35. The Morgan fingerprint density at radius 1 is 0.897 bits per heavy atom. The predicted molar refractivity (Wildman–Crippen MR) is 117 cm³/mol. The van der Waals surface area contributed by atoms with Crippen molar-refractivity contribution in [2.75, 3.05) is 6.54 Å². The number of carboxylic acids is 1. The Kier molecular flexibility index (Phi) is 14.4. The minimum atomic E-state index is -1.38. The molecule has 0 aliphatic rings. The van der Waals surface area contributed by atoms with Crippen LogP contribution in [0.1, 0.15) is 111 Å². The predicted octanol–water partition coefficient (Wildman–Crippen LogP) is 4.89. The van der Waals surface area contributed by atoms with Crippen LogP contribution in [-0.2, 0) is 14.4 Å². The molecular weight excluding hydrogens is 368 g/mol. The second-order valence-corrected chi connectivity index (χ2v) is 8.07. The molecule has 2 amide bonds. The Balaban J connectivity index is 4.87. The number of hydrogen-bond donors (Lipinski definition) is 2. The minimum Gasteiger partial charge on any atom is -0.479 e. The summed E-state index contributed by atoms with van der Waals surface area (Å²) in [5.74, 6) is -2.20. The Hall–Kier alpha value is -1.59.